The Morgan fingerprint density at radius 2 is 1.88 bits per heavy atom. The molecule has 0 N–H and O–H groups in total. The van der Waals surface area contributed by atoms with Gasteiger partial charge < -0.3 is 19.1 Å². The molecule has 2 aliphatic rings. The molecule has 7 heteroatoms. The Balaban J connectivity index is 1.21. The van der Waals surface area contributed by atoms with Gasteiger partial charge in [0, 0.05) is 55.8 Å². The van der Waals surface area contributed by atoms with Crippen molar-refractivity contribution in [3.05, 3.63) is 54.5 Å². The van der Waals surface area contributed by atoms with E-state index in [9.17, 15) is 9.18 Å². The van der Waals surface area contributed by atoms with E-state index in [1.807, 2.05) is 35.2 Å². The summed E-state index contributed by atoms with van der Waals surface area (Å²) in [5.41, 5.74) is 2.56. The van der Waals surface area contributed by atoms with Crippen LogP contribution in [0.5, 0.6) is 11.5 Å². The molecule has 172 valence electrons. The number of rotatable bonds is 5. The van der Waals surface area contributed by atoms with E-state index in [4.69, 9.17) is 14.2 Å². The molecule has 0 radical (unpaired) electrons. The van der Waals surface area contributed by atoms with Gasteiger partial charge in [-0.1, -0.05) is 12.1 Å². The van der Waals surface area contributed by atoms with Gasteiger partial charge in [0.15, 0.2) is 11.6 Å². The molecule has 3 heterocycles. The molecule has 33 heavy (non-hydrogen) atoms. The van der Waals surface area contributed by atoms with Crippen LogP contribution in [-0.2, 0) is 9.53 Å². The van der Waals surface area contributed by atoms with Crippen LogP contribution in [0.2, 0.25) is 0 Å². The topological polar surface area (TPSA) is 60.9 Å². The minimum atomic E-state index is -0.406. The summed E-state index contributed by atoms with van der Waals surface area (Å²) in [6.07, 6.45) is 5.02. The number of aromatic nitrogens is 1. The van der Waals surface area contributed by atoms with Crippen molar-refractivity contribution >= 4 is 16.8 Å². The molecule has 1 amide bonds. The Morgan fingerprint density at radius 1 is 1.09 bits per heavy atom. The van der Waals surface area contributed by atoms with Gasteiger partial charge in [0.25, 0.3) is 5.91 Å². The second-order valence-electron chi connectivity index (χ2n) is 8.57. The maximum Gasteiger partial charge on any atom is 0.251 e. The van der Waals surface area contributed by atoms with E-state index >= 15 is 0 Å². The van der Waals surface area contributed by atoms with Crippen molar-refractivity contribution in [1.82, 2.24) is 9.88 Å². The normalized spacial score (nSPS) is 19.1. The van der Waals surface area contributed by atoms with Crippen molar-refractivity contribution < 1.29 is 23.4 Å². The third-order valence-electron chi connectivity index (χ3n) is 6.40. The maximum absolute atomic E-state index is 14.1. The number of carbonyl (C=O) groups is 1. The van der Waals surface area contributed by atoms with Gasteiger partial charge in [-0.25, -0.2) is 4.39 Å². The molecule has 6 nitrogen and oxygen atoms in total. The third kappa shape index (κ3) is 4.64. The van der Waals surface area contributed by atoms with Crippen LogP contribution in [0, 0.1) is 5.82 Å². The molecular formula is C26H27FN2O4. The summed E-state index contributed by atoms with van der Waals surface area (Å²) >= 11 is 0. The zero-order valence-corrected chi connectivity index (χ0v) is 18.6. The molecule has 2 aliphatic heterocycles. The third-order valence-corrected chi connectivity index (χ3v) is 6.40. The number of benzene rings is 2. The van der Waals surface area contributed by atoms with E-state index in [-0.39, 0.29) is 23.9 Å². The number of carbonyl (C=O) groups excluding carboxylic acids is 1. The van der Waals surface area contributed by atoms with E-state index in [0.29, 0.717) is 25.2 Å². The van der Waals surface area contributed by atoms with E-state index < -0.39 is 5.82 Å². The van der Waals surface area contributed by atoms with Gasteiger partial charge in [-0.05, 0) is 42.7 Å². The van der Waals surface area contributed by atoms with Gasteiger partial charge in [0.1, 0.15) is 18.0 Å². The molecule has 2 saturated heterocycles. The molecule has 2 aromatic carbocycles. The van der Waals surface area contributed by atoms with Crippen molar-refractivity contribution in [2.45, 2.75) is 37.9 Å². The fourth-order valence-electron chi connectivity index (χ4n) is 4.53. The molecule has 2 fully saturated rings. The summed E-state index contributed by atoms with van der Waals surface area (Å²) in [6, 6.07) is 12.8. The highest BCUT2D eigenvalue weighted by atomic mass is 19.1. The fraction of sp³-hybridized carbons (Fsp3) is 0.385. The summed E-state index contributed by atoms with van der Waals surface area (Å²) < 4.78 is 30.8. The van der Waals surface area contributed by atoms with Gasteiger partial charge in [-0.2, -0.15) is 0 Å². The summed E-state index contributed by atoms with van der Waals surface area (Å²) in [5.74, 6) is 0.701. The highest BCUT2D eigenvalue weighted by Gasteiger charge is 2.31. The van der Waals surface area contributed by atoms with Gasteiger partial charge in [0.2, 0.25) is 0 Å². The Bertz CT molecular complexity index is 1140. The van der Waals surface area contributed by atoms with Crippen LogP contribution < -0.4 is 9.47 Å². The first-order valence-corrected chi connectivity index (χ1v) is 11.4. The molecule has 1 atom stereocenters. The number of pyridine rings is 1. The zero-order valence-electron chi connectivity index (χ0n) is 18.6. The van der Waals surface area contributed by atoms with E-state index in [1.54, 1.807) is 12.3 Å². The molecule has 0 saturated carbocycles. The first-order valence-electron chi connectivity index (χ1n) is 11.4. The standard InChI is InChI=1S/C26H27FN2O4/c1-31-25-15-23-18(14-22(25)27)13-19(16-28-23)17-4-6-20(7-5-17)33-21-8-10-29(11-9-21)26(30)24-3-2-12-32-24/h4-7,13-16,21,24H,2-3,8-12H2,1H3. The SMILES string of the molecule is COc1cc2ncc(-c3ccc(OC4CCN(C(=O)C5CCCO5)CC4)cc3)cc2cc1F. The average Bonchev–Trinajstić information content (AvgIpc) is 3.39. The summed E-state index contributed by atoms with van der Waals surface area (Å²) in [6.45, 7) is 2.09. The van der Waals surface area contributed by atoms with Gasteiger partial charge in [-0.15, -0.1) is 0 Å². The summed E-state index contributed by atoms with van der Waals surface area (Å²) in [5, 5.41) is 0.718. The molecule has 0 aliphatic carbocycles. The molecule has 0 spiro atoms. The Kier molecular flexibility index (Phi) is 6.13. The number of amides is 1. The lowest BCUT2D eigenvalue weighted by atomic mass is 10.0. The van der Waals surface area contributed by atoms with Crippen molar-refractivity contribution in [3.63, 3.8) is 0 Å². The number of nitrogens with zero attached hydrogens (tertiary/aromatic N) is 2. The quantitative estimate of drug-likeness (QED) is 0.569. The lowest BCUT2D eigenvalue weighted by Crippen LogP contribution is -2.45. The number of methoxy groups -OCH3 is 1. The van der Waals surface area contributed by atoms with Crippen molar-refractivity contribution in [2.75, 3.05) is 26.8 Å². The predicted octanol–water partition coefficient (Wildman–Crippen LogP) is 4.60. The summed E-state index contributed by atoms with van der Waals surface area (Å²) in [4.78, 5) is 18.9. The minimum absolute atomic E-state index is 0.0877. The number of likely N-dealkylation sites (tertiary alicyclic amines) is 1. The number of halogens is 1. The number of hydrogen-bond acceptors (Lipinski definition) is 5. The lowest BCUT2D eigenvalue weighted by Gasteiger charge is -2.33. The van der Waals surface area contributed by atoms with Crippen LogP contribution in [0.3, 0.4) is 0 Å². The van der Waals surface area contributed by atoms with Gasteiger partial charge >= 0.3 is 0 Å². The molecule has 1 aromatic heterocycles. The van der Waals surface area contributed by atoms with E-state index in [2.05, 4.69) is 4.98 Å². The van der Waals surface area contributed by atoms with Crippen LogP contribution in [0.1, 0.15) is 25.7 Å². The largest absolute Gasteiger partial charge is 0.494 e. The van der Waals surface area contributed by atoms with Crippen LogP contribution in [-0.4, -0.2) is 54.8 Å². The van der Waals surface area contributed by atoms with E-state index in [0.717, 1.165) is 47.9 Å². The number of hydrogen-bond donors (Lipinski definition) is 0. The first kappa shape index (κ1) is 21.6. The smallest absolute Gasteiger partial charge is 0.251 e. The molecule has 0 bridgehead atoms. The number of ether oxygens (including phenoxy) is 3. The Labute approximate surface area is 192 Å². The highest BCUT2D eigenvalue weighted by molar-refractivity contribution is 5.85. The predicted molar refractivity (Wildman–Crippen MR) is 123 cm³/mol. The second-order valence-corrected chi connectivity index (χ2v) is 8.57. The Morgan fingerprint density at radius 3 is 2.58 bits per heavy atom. The maximum atomic E-state index is 14.1. The molecule has 5 rings (SSSR count). The summed E-state index contributed by atoms with van der Waals surface area (Å²) in [7, 11) is 1.44. The van der Waals surface area contributed by atoms with Crippen LogP contribution in [0.4, 0.5) is 4.39 Å². The number of fused-ring (bicyclic) bond motifs is 1. The van der Waals surface area contributed by atoms with E-state index in [1.165, 1.54) is 13.2 Å². The van der Waals surface area contributed by atoms with Crippen LogP contribution in [0.25, 0.3) is 22.0 Å². The van der Waals surface area contributed by atoms with Crippen molar-refractivity contribution in [2.24, 2.45) is 0 Å². The van der Waals surface area contributed by atoms with Gasteiger partial charge in [-0.3, -0.25) is 9.78 Å². The van der Waals surface area contributed by atoms with Crippen molar-refractivity contribution in [3.8, 4) is 22.6 Å². The zero-order chi connectivity index (χ0) is 22.8. The fourth-order valence-corrected chi connectivity index (χ4v) is 4.53. The molecule has 3 aromatic rings. The molecule has 1 unspecified atom stereocenters. The highest BCUT2D eigenvalue weighted by Crippen LogP contribution is 2.29. The average molecular weight is 451 g/mol. The van der Waals surface area contributed by atoms with Crippen LogP contribution >= 0.6 is 0 Å². The Hall–Kier alpha value is -3.19. The second kappa shape index (κ2) is 9.35. The van der Waals surface area contributed by atoms with Crippen molar-refractivity contribution in [1.29, 1.82) is 0 Å². The minimum Gasteiger partial charge on any atom is -0.494 e. The first-order chi connectivity index (χ1) is 16.1. The lowest BCUT2D eigenvalue weighted by molar-refractivity contribution is -0.142. The molecular weight excluding hydrogens is 423 g/mol. The van der Waals surface area contributed by atoms with Crippen LogP contribution in [0.15, 0.2) is 48.7 Å². The van der Waals surface area contributed by atoms with Gasteiger partial charge in [0.05, 0.1) is 12.6 Å². The monoisotopic (exact) mass is 450 g/mol. The number of piperidine rings is 1.